The van der Waals surface area contributed by atoms with Gasteiger partial charge in [-0.2, -0.15) is 0 Å². The van der Waals surface area contributed by atoms with Gasteiger partial charge in [0.25, 0.3) is 5.91 Å². The number of carbonyl (C=O) groups is 2. The molecule has 0 unspecified atom stereocenters. The monoisotopic (exact) mass is 399 g/mol. The van der Waals surface area contributed by atoms with Crippen molar-refractivity contribution in [2.24, 2.45) is 14.1 Å². The molecular formula is C19H22FN7O2. The summed E-state index contributed by atoms with van der Waals surface area (Å²) in [7, 11) is 6.69. The van der Waals surface area contributed by atoms with E-state index in [-0.39, 0.29) is 11.3 Å². The van der Waals surface area contributed by atoms with Crippen LogP contribution in [0.2, 0.25) is 0 Å². The largest absolute Gasteiger partial charge is 0.345 e. The average molecular weight is 399 g/mol. The number of benzene rings is 1. The molecule has 0 aliphatic carbocycles. The van der Waals surface area contributed by atoms with Crippen molar-refractivity contribution in [3.63, 3.8) is 0 Å². The Morgan fingerprint density at radius 1 is 1.07 bits per heavy atom. The van der Waals surface area contributed by atoms with Crippen molar-refractivity contribution in [2.75, 3.05) is 19.4 Å². The van der Waals surface area contributed by atoms with Crippen molar-refractivity contribution in [1.29, 1.82) is 0 Å². The summed E-state index contributed by atoms with van der Waals surface area (Å²) in [6.45, 7) is 0. The third-order valence-corrected chi connectivity index (χ3v) is 4.37. The van der Waals surface area contributed by atoms with Gasteiger partial charge in [0.1, 0.15) is 23.5 Å². The fourth-order valence-corrected chi connectivity index (χ4v) is 2.86. The first kappa shape index (κ1) is 20.1. The van der Waals surface area contributed by atoms with Crippen LogP contribution in [0.3, 0.4) is 0 Å². The molecule has 0 spiro atoms. The van der Waals surface area contributed by atoms with Gasteiger partial charge in [0, 0.05) is 58.7 Å². The van der Waals surface area contributed by atoms with Gasteiger partial charge in [0.15, 0.2) is 0 Å². The number of nitrogens with one attached hydrogen (secondary N) is 2. The number of anilines is 1. The fraction of sp³-hybridized carbons (Fsp3) is 0.263. The lowest BCUT2D eigenvalue weighted by Gasteiger charge is -2.19. The molecule has 10 heteroatoms. The quantitative estimate of drug-likeness (QED) is 0.685. The highest BCUT2D eigenvalue weighted by Crippen LogP contribution is 2.20. The second kappa shape index (κ2) is 8.13. The Balaban J connectivity index is 1.83. The number of urea groups is 1. The number of carbonyl (C=O) groups excluding carboxylic acids is 2. The molecule has 3 rings (SSSR count). The SMILES string of the molecule is CN(C)C(=O)c1cc(NC(=O)NC(c2nccn2C)c2nccn2C)ccc1F. The standard InChI is InChI=1S/C19H22FN7O2/c1-25(2)18(28)13-11-12(5-6-14(13)20)23-19(29)24-15(16-21-7-9-26(16)3)17-22-8-10-27(17)4/h5-11,15H,1-4H3,(H2,23,24,29). The van der Waals surface area contributed by atoms with Gasteiger partial charge in [-0.25, -0.2) is 19.2 Å². The molecule has 0 saturated carbocycles. The van der Waals surface area contributed by atoms with E-state index in [0.29, 0.717) is 11.6 Å². The first-order valence-electron chi connectivity index (χ1n) is 8.81. The molecule has 2 heterocycles. The van der Waals surface area contributed by atoms with Gasteiger partial charge in [-0.1, -0.05) is 0 Å². The summed E-state index contributed by atoms with van der Waals surface area (Å²) in [6.07, 6.45) is 6.79. The molecule has 0 aliphatic rings. The Kier molecular flexibility index (Phi) is 5.62. The van der Waals surface area contributed by atoms with Crippen molar-refractivity contribution in [3.8, 4) is 0 Å². The highest BCUT2D eigenvalue weighted by molar-refractivity contribution is 5.97. The van der Waals surface area contributed by atoms with Crippen LogP contribution in [0, 0.1) is 5.82 Å². The van der Waals surface area contributed by atoms with Crippen LogP contribution in [-0.2, 0) is 14.1 Å². The number of amides is 3. The molecule has 0 aliphatic heterocycles. The molecule has 2 aromatic heterocycles. The number of halogens is 1. The zero-order valence-corrected chi connectivity index (χ0v) is 16.5. The van der Waals surface area contributed by atoms with Crippen LogP contribution in [0.25, 0.3) is 0 Å². The van der Waals surface area contributed by atoms with Crippen LogP contribution in [0.15, 0.2) is 43.0 Å². The predicted octanol–water partition coefficient (Wildman–Crippen LogP) is 1.91. The van der Waals surface area contributed by atoms with Crippen LogP contribution in [0.4, 0.5) is 14.9 Å². The average Bonchev–Trinajstić information content (AvgIpc) is 3.29. The molecule has 9 nitrogen and oxygen atoms in total. The molecule has 0 bridgehead atoms. The van der Waals surface area contributed by atoms with Crippen LogP contribution < -0.4 is 10.6 Å². The third kappa shape index (κ3) is 4.26. The van der Waals surface area contributed by atoms with Crippen molar-refractivity contribution in [1.82, 2.24) is 29.3 Å². The molecule has 152 valence electrons. The minimum Gasteiger partial charge on any atom is -0.345 e. The van der Waals surface area contributed by atoms with E-state index in [1.54, 1.807) is 33.9 Å². The minimum atomic E-state index is -0.659. The lowest BCUT2D eigenvalue weighted by atomic mass is 10.1. The van der Waals surface area contributed by atoms with Gasteiger partial charge >= 0.3 is 6.03 Å². The van der Waals surface area contributed by atoms with Crippen LogP contribution in [0.1, 0.15) is 28.0 Å². The van der Waals surface area contributed by atoms with Crippen LogP contribution in [0.5, 0.6) is 0 Å². The van der Waals surface area contributed by atoms with Gasteiger partial charge in [0.2, 0.25) is 0 Å². The molecule has 0 radical (unpaired) electrons. The van der Waals surface area contributed by atoms with Crippen molar-refractivity contribution in [2.45, 2.75) is 6.04 Å². The summed E-state index contributed by atoms with van der Waals surface area (Å²) in [5.41, 5.74) is 0.157. The van der Waals surface area contributed by atoms with E-state index < -0.39 is 23.8 Å². The zero-order valence-electron chi connectivity index (χ0n) is 16.5. The van der Waals surface area contributed by atoms with Crippen molar-refractivity contribution >= 4 is 17.6 Å². The van der Waals surface area contributed by atoms with Gasteiger partial charge in [-0.3, -0.25) is 4.79 Å². The van der Waals surface area contributed by atoms with Gasteiger partial charge in [-0.05, 0) is 18.2 Å². The molecule has 3 aromatic rings. The summed E-state index contributed by atoms with van der Waals surface area (Å²) < 4.78 is 17.6. The van der Waals surface area contributed by atoms with E-state index in [2.05, 4.69) is 20.6 Å². The molecule has 3 amide bonds. The number of aryl methyl sites for hydroxylation is 2. The Bertz CT molecular complexity index is 1000. The Morgan fingerprint density at radius 2 is 1.66 bits per heavy atom. The van der Waals surface area contributed by atoms with E-state index in [0.717, 1.165) is 6.07 Å². The Morgan fingerprint density at radius 3 is 2.14 bits per heavy atom. The number of rotatable bonds is 5. The van der Waals surface area contributed by atoms with E-state index in [1.807, 2.05) is 14.1 Å². The van der Waals surface area contributed by atoms with E-state index >= 15 is 0 Å². The Hall–Kier alpha value is -3.69. The molecule has 2 N–H and O–H groups in total. The number of hydrogen-bond acceptors (Lipinski definition) is 4. The minimum absolute atomic E-state index is 0.127. The maximum atomic E-state index is 14.0. The van der Waals surface area contributed by atoms with Crippen LogP contribution in [-0.4, -0.2) is 50.0 Å². The lowest BCUT2D eigenvalue weighted by Crippen LogP contribution is -2.36. The highest BCUT2D eigenvalue weighted by Gasteiger charge is 2.24. The Labute approximate surface area is 167 Å². The molecule has 0 fully saturated rings. The highest BCUT2D eigenvalue weighted by atomic mass is 19.1. The molecular weight excluding hydrogens is 377 g/mol. The van der Waals surface area contributed by atoms with Crippen LogP contribution >= 0.6 is 0 Å². The van der Waals surface area contributed by atoms with E-state index in [4.69, 9.17) is 0 Å². The maximum Gasteiger partial charge on any atom is 0.320 e. The number of aromatic nitrogens is 4. The summed E-state index contributed by atoms with van der Waals surface area (Å²) in [5, 5.41) is 5.47. The molecule has 1 aromatic carbocycles. The summed E-state index contributed by atoms with van der Waals surface area (Å²) in [5.74, 6) is 0.0353. The second-order valence-corrected chi connectivity index (χ2v) is 6.72. The van der Waals surface area contributed by atoms with E-state index in [9.17, 15) is 14.0 Å². The molecule has 29 heavy (non-hydrogen) atoms. The summed E-state index contributed by atoms with van der Waals surface area (Å²) in [6, 6.07) is 2.67. The number of hydrogen-bond donors (Lipinski definition) is 2. The third-order valence-electron chi connectivity index (χ3n) is 4.37. The second-order valence-electron chi connectivity index (χ2n) is 6.72. The fourth-order valence-electron chi connectivity index (χ4n) is 2.86. The number of imidazole rings is 2. The first-order chi connectivity index (χ1) is 13.8. The van der Waals surface area contributed by atoms with Gasteiger partial charge in [0.05, 0.1) is 5.56 Å². The summed E-state index contributed by atoms with van der Waals surface area (Å²) in [4.78, 5) is 34.6. The maximum absolute atomic E-state index is 14.0. The first-order valence-corrected chi connectivity index (χ1v) is 8.81. The smallest absolute Gasteiger partial charge is 0.320 e. The zero-order chi connectivity index (χ0) is 21.1. The van der Waals surface area contributed by atoms with Crippen molar-refractivity contribution < 1.29 is 14.0 Å². The topological polar surface area (TPSA) is 97.1 Å². The lowest BCUT2D eigenvalue weighted by molar-refractivity contribution is 0.0823. The normalized spacial score (nSPS) is 10.8. The van der Waals surface area contributed by atoms with Gasteiger partial charge in [-0.15, -0.1) is 0 Å². The number of nitrogens with zero attached hydrogens (tertiary/aromatic N) is 5. The summed E-state index contributed by atoms with van der Waals surface area (Å²) >= 11 is 0. The predicted molar refractivity (Wildman–Crippen MR) is 105 cm³/mol. The van der Waals surface area contributed by atoms with E-state index in [1.165, 1.54) is 31.1 Å². The molecule has 0 atom stereocenters. The molecule has 0 saturated heterocycles. The van der Waals surface area contributed by atoms with Gasteiger partial charge < -0.3 is 24.7 Å². The van der Waals surface area contributed by atoms with Crippen molar-refractivity contribution in [3.05, 3.63) is 66.0 Å².